The fourth-order valence-corrected chi connectivity index (χ4v) is 2.55. The summed E-state index contributed by atoms with van der Waals surface area (Å²) in [5, 5.41) is 19.8. The molecule has 1 aliphatic carbocycles. The van der Waals surface area contributed by atoms with Crippen LogP contribution in [0.3, 0.4) is 0 Å². The predicted octanol–water partition coefficient (Wildman–Crippen LogP) is 3.08. The van der Waals surface area contributed by atoms with E-state index in [2.05, 4.69) is 0 Å². The number of carbonyl (C=O) groups is 3. The van der Waals surface area contributed by atoms with E-state index >= 15 is 0 Å². The van der Waals surface area contributed by atoms with Crippen LogP contribution in [-0.4, -0.2) is 33.9 Å². The number of fused-ring (bicyclic) bond motifs is 1. The highest BCUT2D eigenvalue weighted by molar-refractivity contribution is 6.27. The lowest BCUT2D eigenvalue weighted by Crippen LogP contribution is -2.29. The number of benzene rings is 1. The maximum absolute atomic E-state index is 12.8. The molecule has 0 saturated heterocycles. The van der Waals surface area contributed by atoms with Gasteiger partial charge < -0.3 is 14.9 Å². The topological polar surface area (TPSA) is 101 Å². The Kier molecular flexibility index (Phi) is 5.41. The minimum atomic E-state index is -0.936. The van der Waals surface area contributed by atoms with E-state index < -0.39 is 29.4 Å². The lowest BCUT2D eigenvalue weighted by Gasteiger charge is -2.23. The molecule has 0 unspecified atom stereocenters. The largest absolute Gasteiger partial charge is 0.507 e. The number of esters is 1. The second-order valence-electron chi connectivity index (χ2n) is 6.00. The summed E-state index contributed by atoms with van der Waals surface area (Å²) in [4.78, 5) is 36.9. The van der Waals surface area contributed by atoms with Crippen molar-refractivity contribution in [3.05, 3.63) is 46.6 Å². The third kappa shape index (κ3) is 3.79. The molecule has 0 bridgehead atoms. The Morgan fingerprint density at radius 3 is 2.32 bits per heavy atom. The second-order valence-corrected chi connectivity index (χ2v) is 6.00. The number of hydrogen-bond acceptors (Lipinski definition) is 6. The summed E-state index contributed by atoms with van der Waals surface area (Å²) in [6.45, 7) is 5.35. The first kappa shape index (κ1) is 18.4. The summed E-state index contributed by atoms with van der Waals surface area (Å²) in [6, 6.07) is 2.29. The Balaban J connectivity index is 2.50. The molecule has 0 aromatic heterocycles. The van der Waals surface area contributed by atoms with Gasteiger partial charge in [-0.1, -0.05) is 18.6 Å². The predicted molar refractivity (Wildman–Crippen MR) is 90.7 cm³/mol. The van der Waals surface area contributed by atoms with Crippen LogP contribution in [0.1, 0.15) is 54.3 Å². The number of carbonyl (C=O) groups excluding carboxylic acids is 3. The van der Waals surface area contributed by atoms with Crippen LogP contribution < -0.4 is 0 Å². The maximum atomic E-state index is 12.8. The zero-order valence-corrected chi connectivity index (χ0v) is 14.3. The Bertz CT molecular complexity index is 796. The van der Waals surface area contributed by atoms with E-state index in [1.807, 2.05) is 13.8 Å². The minimum Gasteiger partial charge on any atom is -0.507 e. The first-order valence-corrected chi connectivity index (χ1v) is 7.94. The number of hydrogen-bond donors (Lipinski definition) is 2. The van der Waals surface area contributed by atoms with E-state index in [9.17, 15) is 24.6 Å². The molecule has 6 heteroatoms. The summed E-state index contributed by atoms with van der Waals surface area (Å²) < 4.78 is 5.32. The lowest BCUT2D eigenvalue weighted by atomic mass is 9.85. The molecule has 0 fully saturated rings. The minimum absolute atomic E-state index is 0.0160. The third-order valence-electron chi connectivity index (χ3n) is 3.83. The van der Waals surface area contributed by atoms with Crippen molar-refractivity contribution in [2.45, 2.75) is 39.7 Å². The summed E-state index contributed by atoms with van der Waals surface area (Å²) in [7, 11) is 0. The van der Waals surface area contributed by atoms with Gasteiger partial charge in [-0.05, 0) is 32.1 Å². The van der Waals surface area contributed by atoms with Gasteiger partial charge in [0.2, 0.25) is 0 Å². The van der Waals surface area contributed by atoms with Crippen LogP contribution in [0.4, 0.5) is 0 Å². The number of ketones is 2. The van der Waals surface area contributed by atoms with Gasteiger partial charge in [0.1, 0.15) is 17.6 Å². The van der Waals surface area contributed by atoms with Crippen molar-refractivity contribution in [1.82, 2.24) is 0 Å². The molecule has 2 rings (SSSR count). The van der Waals surface area contributed by atoms with E-state index in [1.165, 1.54) is 0 Å². The number of allylic oxidation sites excluding steroid dienone is 2. The number of ether oxygens (including phenoxy) is 1. The van der Waals surface area contributed by atoms with Gasteiger partial charge in [0.05, 0.1) is 11.1 Å². The van der Waals surface area contributed by atoms with Crippen molar-refractivity contribution >= 4 is 17.5 Å². The van der Waals surface area contributed by atoms with Crippen LogP contribution in [-0.2, 0) is 9.53 Å². The van der Waals surface area contributed by atoms with Gasteiger partial charge in [0, 0.05) is 18.4 Å². The standard InChI is InChI=1S/C19H20O6/c1-4-16(23)25-15(8-5-10(2)3)11-9-14(22)17-12(20)6-7-13(21)18(17)19(11)24/h5-7,9,15,20-21H,4,8H2,1-3H3/t15-/m0/s1. The summed E-state index contributed by atoms with van der Waals surface area (Å²) >= 11 is 0. The Labute approximate surface area is 145 Å². The van der Waals surface area contributed by atoms with Crippen molar-refractivity contribution in [2.75, 3.05) is 0 Å². The molecule has 0 radical (unpaired) electrons. The number of phenolic OH excluding ortho intramolecular Hbond substituents is 2. The highest BCUT2D eigenvalue weighted by Crippen LogP contribution is 2.36. The maximum Gasteiger partial charge on any atom is 0.306 e. The lowest BCUT2D eigenvalue weighted by molar-refractivity contribution is -0.146. The second kappa shape index (κ2) is 7.34. The molecular weight excluding hydrogens is 324 g/mol. The average Bonchev–Trinajstić information content (AvgIpc) is 2.56. The Morgan fingerprint density at radius 2 is 1.76 bits per heavy atom. The van der Waals surface area contributed by atoms with Crippen LogP contribution in [0.25, 0.3) is 0 Å². The van der Waals surface area contributed by atoms with Crippen molar-refractivity contribution in [1.29, 1.82) is 0 Å². The molecule has 0 saturated carbocycles. The highest BCUT2D eigenvalue weighted by atomic mass is 16.5. The van der Waals surface area contributed by atoms with Gasteiger partial charge in [-0.2, -0.15) is 0 Å². The van der Waals surface area contributed by atoms with E-state index in [0.717, 1.165) is 23.8 Å². The van der Waals surface area contributed by atoms with Crippen LogP contribution in [0, 0.1) is 0 Å². The summed E-state index contributed by atoms with van der Waals surface area (Å²) in [5.74, 6) is -2.54. The van der Waals surface area contributed by atoms with Crippen molar-refractivity contribution < 1.29 is 29.3 Å². The molecule has 1 aromatic rings. The number of rotatable bonds is 5. The summed E-state index contributed by atoms with van der Waals surface area (Å²) in [5.41, 5.74) is 0.445. The normalized spacial score (nSPS) is 14.4. The molecule has 0 aliphatic heterocycles. The zero-order chi connectivity index (χ0) is 18.7. The molecular formula is C19H20O6. The molecule has 132 valence electrons. The molecule has 6 nitrogen and oxygen atoms in total. The van der Waals surface area contributed by atoms with Crippen LogP contribution in [0.5, 0.6) is 11.5 Å². The van der Waals surface area contributed by atoms with Gasteiger partial charge >= 0.3 is 5.97 Å². The Morgan fingerprint density at radius 1 is 1.16 bits per heavy atom. The number of Topliss-reactive ketones (excluding diaryl/α,β-unsaturated/α-hetero) is 1. The van der Waals surface area contributed by atoms with Crippen molar-refractivity contribution in [3.63, 3.8) is 0 Å². The molecule has 0 amide bonds. The van der Waals surface area contributed by atoms with Crippen molar-refractivity contribution in [2.24, 2.45) is 0 Å². The summed E-state index contributed by atoms with van der Waals surface area (Å²) in [6.07, 6.45) is 2.28. The molecule has 2 N–H and O–H groups in total. The third-order valence-corrected chi connectivity index (χ3v) is 3.83. The molecule has 0 heterocycles. The van der Waals surface area contributed by atoms with E-state index in [4.69, 9.17) is 4.74 Å². The Hall–Kier alpha value is -2.89. The highest BCUT2D eigenvalue weighted by Gasteiger charge is 2.35. The van der Waals surface area contributed by atoms with Gasteiger partial charge in [0.25, 0.3) is 0 Å². The molecule has 1 aromatic carbocycles. The molecule has 25 heavy (non-hydrogen) atoms. The first-order chi connectivity index (χ1) is 11.8. The average molecular weight is 344 g/mol. The fraction of sp³-hybridized carbons (Fsp3) is 0.316. The molecule has 1 atom stereocenters. The van der Waals surface area contributed by atoms with Crippen LogP contribution in [0.2, 0.25) is 0 Å². The zero-order valence-electron chi connectivity index (χ0n) is 14.3. The molecule has 0 spiro atoms. The molecule has 1 aliphatic rings. The van der Waals surface area contributed by atoms with E-state index in [1.54, 1.807) is 13.0 Å². The SMILES string of the molecule is CCC(=O)O[C@@H](CC=C(C)C)C1=CC(=O)c2c(O)ccc(O)c2C1=O. The van der Waals surface area contributed by atoms with Crippen LogP contribution in [0.15, 0.2) is 35.4 Å². The van der Waals surface area contributed by atoms with Crippen molar-refractivity contribution in [3.8, 4) is 11.5 Å². The van der Waals surface area contributed by atoms with E-state index in [0.29, 0.717) is 0 Å². The number of aromatic hydroxyl groups is 2. The van der Waals surface area contributed by atoms with Gasteiger partial charge in [0.15, 0.2) is 11.6 Å². The quantitative estimate of drug-likeness (QED) is 0.484. The number of phenols is 2. The monoisotopic (exact) mass is 344 g/mol. The first-order valence-electron chi connectivity index (χ1n) is 7.94. The van der Waals surface area contributed by atoms with Gasteiger partial charge in [-0.3, -0.25) is 14.4 Å². The smallest absolute Gasteiger partial charge is 0.306 e. The fourth-order valence-electron chi connectivity index (χ4n) is 2.55. The van der Waals surface area contributed by atoms with Gasteiger partial charge in [-0.15, -0.1) is 0 Å². The van der Waals surface area contributed by atoms with Gasteiger partial charge in [-0.25, -0.2) is 0 Å². The van der Waals surface area contributed by atoms with E-state index in [-0.39, 0.29) is 35.3 Å². The van der Waals surface area contributed by atoms with Crippen LogP contribution >= 0.6 is 0 Å².